The molecule has 0 fully saturated rings. The molecule has 2 aromatic rings. The number of nitrogens with two attached hydrogens (primary N) is 1. The lowest BCUT2D eigenvalue weighted by Crippen LogP contribution is -2.30. The third-order valence-corrected chi connectivity index (χ3v) is 2.97. The molecule has 6 nitrogen and oxygen atoms in total. The van der Waals surface area contributed by atoms with Crippen molar-refractivity contribution >= 4 is 17.7 Å². The topological polar surface area (TPSA) is 94.0 Å². The summed E-state index contributed by atoms with van der Waals surface area (Å²) in [6, 6.07) is 3.37. The Hall–Kier alpha value is -1.86. The molecule has 0 aliphatic carbocycles. The van der Waals surface area contributed by atoms with Gasteiger partial charge in [-0.1, -0.05) is 11.8 Å². The van der Waals surface area contributed by atoms with Crippen LogP contribution >= 0.6 is 11.8 Å². The molecule has 2 heterocycles. The number of hydrogen-bond donors (Lipinski definition) is 2. The molecule has 0 unspecified atom stereocenters. The van der Waals surface area contributed by atoms with E-state index in [1.54, 1.807) is 18.3 Å². The highest BCUT2D eigenvalue weighted by molar-refractivity contribution is 7.98. The fraction of sp³-hybridized carbons (Fsp3) is 0.100. The molecule has 1 amide bonds. The smallest absolute Gasteiger partial charge is 0.268 e. The van der Waals surface area contributed by atoms with Crippen LogP contribution in [0.25, 0.3) is 0 Å². The summed E-state index contributed by atoms with van der Waals surface area (Å²) < 4.78 is 5.23. The fourth-order valence-corrected chi connectivity index (χ4v) is 2.02. The van der Waals surface area contributed by atoms with E-state index in [1.165, 1.54) is 24.4 Å². The normalized spacial score (nSPS) is 10.2. The molecule has 88 valence electrons. The minimum absolute atomic E-state index is 0.364. The van der Waals surface area contributed by atoms with Crippen molar-refractivity contribution in [3.8, 4) is 0 Å². The molecule has 0 saturated carbocycles. The molecular weight excluding hydrogens is 240 g/mol. The predicted octanol–water partition coefficient (Wildman–Crippen LogP) is 0.965. The molecule has 0 saturated heterocycles. The first kappa shape index (κ1) is 11.6. The molecule has 0 radical (unpaired) electrons. The van der Waals surface area contributed by atoms with Crippen molar-refractivity contribution in [1.82, 2.24) is 15.4 Å². The molecule has 0 aliphatic heterocycles. The van der Waals surface area contributed by atoms with Crippen molar-refractivity contribution in [1.29, 1.82) is 0 Å². The van der Waals surface area contributed by atoms with Crippen LogP contribution in [0.15, 0.2) is 40.4 Å². The average Bonchev–Trinajstić information content (AvgIpc) is 2.85. The Labute approximate surface area is 102 Å². The number of nitrogens with one attached hydrogen (secondary N) is 1. The van der Waals surface area contributed by atoms with E-state index in [2.05, 4.69) is 15.4 Å². The quantitative estimate of drug-likeness (QED) is 0.276. The van der Waals surface area contributed by atoms with Gasteiger partial charge in [-0.3, -0.25) is 10.2 Å². The third kappa shape index (κ3) is 2.83. The Morgan fingerprint density at radius 3 is 3.12 bits per heavy atom. The zero-order valence-corrected chi connectivity index (χ0v) is 9.61. The van der Waals surface area contributed by atoms with Gasteiger partial charge in [0.05, 0.1) is 22.6 Å². The second-order valence-electron chi connectivity index (χ2n) is 3.07. The van der Waals surface area contributed by atoms with Gasteiger partial charge in [-0.25, -0.2) is 15.8 Å². The Morgan fingerprint density at radius 1 is 1.53 bits per heavy atom. The summed E-state index contributed by atoms with van der Waals surface area (Å²) in [5, 5.41) is 0.815. The van der Waals surface area contributed by atoms with Gasteiger partial charge in [0.25, 0.3) is 5.91 Å². The number of furan rings is 1. The summed E-state index contributed by atoms with van der Waals surface area (Å²) >= 11 is 1.45. The summed E-state index contributed by atoms with van der Waals surface area (Å²) in [6.07, 6.45) is 4.59. The number of amides is 1. The Balaban J connectivity index is 2.05. The lowest BCUT2D eigenvalue weighted by Gasteiger charge is -2.01. The van der Waals surface area contributed by atoms with E-state index < -0.39 is 0 Å². The van der Waals surface area contributed by atoms with Crippen LogP contribution in [0.1, 0.15) is 16.1 Å². The van der Waals surface area contributed by atoms with Crippen molar-refractivity contribution in [3.05, 3.63) is 42.2 Å². The Morgan fingerprint density at radius 2 is 2.41 bits per heavy atom. The first-order valence-electron chi connectivity index (χ1n) is 4.77. The number of aromatic nitrogens is 2. The highest BCUT2D eigenvalue weighted by Gasteiger charge is 2.13. The summed E-state index contributed by atoms with van der Waals surface area (Å²) in [6.45, 7) is 0. The summed E-state index contributed by atoms with van der Waals surface area (Å²) in [5.41, 5.74) is 2.51. The SMILES string of the molecule is NNC(=O)c1ccoc1CSc1ccncn1. The summed E-state index contributed by atoms with van der Waals surface area (Å²) in [4.78, 5) is 19.3. The van der Waals surface area contributed by atoms with E-state index in [0.717, 1.165) is 5.03 Å². The van der Waals surface area contributed by atoms with Crippen molar-refractivity contribution in [3.63, 3.8) is 0 Å². The van der Waals surface area contributed by atoms with Crippen molar-refractivity contribution in [2.24, 2.45) is 5.84 Å². The molecule has 2 rings (SSSR count). The molecule has 0 bridgehead atoms. The van der Waals surface area contributed by atoms with Gasteiger partial charge in [0.2, 0.25) is 0 Å². The Kier molecular flexibility index (Phi) is 3.73. The molecule has 0 aromatic carbocycles. The molecule has 3 N–H and O–H groups in total. The van der Waals surface area contributed by atoms with Crippen molar-refractivity contribution in [2.75, 3.05) is 0 Å². The standard InChI is InChI=1S/C10H10N4O2S/c11-14-10(15)7-2-4-16-8(7)5-17-9-1-3-12-6-13-9/h1-4,6H,5,11H2,(H,14,15). The van der Waals surface area contributed by atoms with E-state index in [4.69, 9.17) is 10.3 Å². The number of thioether (sulfide) groups is 1. The number of hydrogen-bond acceptors (Lipinski definition) is 6. The second-order valence-corrected chi connectivity index (χ2v) is 4.06. The largest absolute Gasteiger partial charge is 0.468 e. The number of hydrazine groups is 1. The van der Waals surface area contributed by atoms with Crippen LogP contribution in [0.2, 0.25) is 0 Å². The minimum Gasteiger partial charge on any atom is -0.468 e. The molecule has 0 atom stereocenters. The van der Waals surface area contributed by atoms with E-state index in [-0.39, 0.29) is 5.91 Å². The van der Waals surface area contributed by atoms with Crippen LogP contribution in [-0.4, -0.2) is 15.9 Å². The molecule has 0 spiro atoms. The van der Waals surface area contributed by atoms with Crippen LogP contribution in [0, 0.1) is 0 Å². The van der Waals surface area contributed by atoms with Crippen LogP contribution in [-0.2, 0) is 5.75 Å². The number of nitrogen functional groups attached to an aromatic ring is 1. The van der Waals surface area contributed by atoms with Crippen LogP contribution in [0.5, 0.6) is 0 Å². The van der Waals surface area contributed by atoms with Gasteiger partial charge in [0, 0.05) is 6.20 Å². The van der Waals surface area contributed by atoms with Crippen molar-refractivity contribution in [2.45, 2.75) is 10.8 Å². The maximum absolute atomic E-state index is 11.4. The third-order valence-electron chi connectivity index (χ3n) is 2.03. The van der Waals surface area contributed by atoms with Gasteiger partial charge < -0.3 is 4.42 Å². The molecule has 2 aromatic heterocycles. The maximum atomic E-state index is 11.4. The molecule has 17 heavy (non-hydrogen) atoms. The van der Waals surface area contributed by atoms with E-state index in [9.17, 15) is 4.79 Å². The average molecular weight is 250 g/mol. The first-order chi connectivity index (χ1) is 8.31. The van der Waals surface area contributed by atoms with E-state index in [0.29, 0.717) is 17.1 Å². The zero-order chi connectivity index (χ0) is 12.1. The maximum Gasteiger partial charge on any atom is 0.268 e. The fourth-order valence-electron chi connectivity index (χ4n) is 1.24. The summed E-state index contributed by atoms with van der Waals surface area (Å²) in [7, 11) is 0. The predicted molar refractivity (Wildman–Crippen MR) is 62.0 cm³/mol. The summed E-state index contributed by atoms with van der Waals surface area (Å²) in [5.74, 6) is 5.78. The number of carbonyl (C=O) groups excluding carboxylic acids is 1. The molecule has 0 aliphatic rings. The highest BCUT2D eigenvalue weighted by Crippen LogP contribution is 2.22. The lowest BCUT2D eigenvalue weighted by atomic mass is 10.2. The molecular formula is C10H10N4O2S. The minimum atomic E-state index is -0.364. The van der Waals surface area contributed by atoms with Gasteiger partial charge in [0.1, 0.15) is 12.1 Å². The lowest BCUT2D eigenvalue weighted by molar-refractivity contribution is 0.0952. The zero-order valence-electron chi connectivity index (χ0n) is 8.79. The Bertz CT molecular complexity index is 500. The van der Waals surface area contributed by atoms with Crippen LogP contribution in [0.4, 0.5) is 0 Å². The first-order valence-corrected chi connectivity index (χ1v) is 5.76. The van der Waals surface area contributed by atoms with Gasteiger partial charge >= 0.3 is 0 Å². The van der Waals surface area contributed by atoms with Gasteiger partial charge in [-0.15, -0.1) is 0 Å². The van der Waals surface area contributed by atoms with E-state index in [1.807, 2.05) is 0 Å². The number of carbonyl (C=O) groups is 1. The second kappa shape index (κ2) is 5.46. The van der Waals surface area contributed by atoms with Gasteiger partial charge in [-0.2, -0.15) is 0 Å². The molecule has 7 heteroatoms. The number of rotatable bonds is 4. The number of nitrogens with zero attached hydrogens (tertiary/aromatic N) is 2. The van der Waals surface area contributed by atoms with Crippen LogP contribution in [0.3, 0.4) is 0 Å². The van der Waals surface area contributed by atoms with Crippen LogP contribution < -0.4 is 11.3 Å². The monoisotopic (exact) mass is 250 g/mol. The van der Waals surface area contributed by atoms with Gasteiger partial charge in [-0.05, 0) is 12.1 Å². The van der Waals surface area contributed by atoms with Crippen molar-refractivity contribution < 1.29 is 9.21 Å². The van der Waals surface area contributed by atoms with E-state index >= 15 is 0 Å². The highest BCUT2D eigenvalue weighted by atomic mass is 32.2. The van der Waals surface area contributed by atoms with Gasteiger partial charge in [0.15, 0.2) is 0 Å².